The van der Waals surface area contributed by atoms with Gasteiger partial charge < -0.3 is 0 Å². The van der Waals surface area contributed by atoms with Gasteiger partial charge in [-0.05, 0) is 0 Å². The summed E-state index contributed by atoms with van der Waals surface area (Å²) in [6.07, 6.45) is 0. The van der Waals surface area contributed by atoms with Crippen LogP contribution in [-0.2, 0) is 29.0 Å². The normalized spacial score (nSPS) is 16.4. The van der Waals surface area contributed by atoms with E-state index in [0.717, 1.165) is 0 Å². The summed E-state index contributed by atoms with van der Waals surface area (Å²) in [4.78, 5) is 43.6. The first-order valence-electron chi connectivity index (χ1n) is 3.44. The van der Waals surface area contributed by atoms with Gasteiger partial charge in [0.1, 0.15) is 0 Å². The molecule has 0 spiro atoms. The van der Waals surface area contributed by atoms with Gasteiger partial charge in [-0.3, -0.25) is 0 Å². The molecule has 0 saturated heterocycles. The molecular formula is C7H14AsFeO4. The molecule has 0 unspecified atom stereocenters. The first kappa shape index (κ1) is 12.8. The van der Waals surface area contributed by atoms with Gasteiger partial charge in [0, 0.05) is 0 Å². The van der Waals surface area contributed by atoms with Crippen molar-refractivity contribution in [3.8, 4) is 0 Å². The number of hydrogen-bond acceptors (Lipinski definition) is 4. The molecule has 0 saturated carbocycles. The fourth-order valence-electron chi connectivity index (χ4n) is 0.618. The summed E-state index contributed by atoms with van der Waals surface area (Å²) in [5.41, 5.74) is 5.19. The van der Waals surface area contributed by atoms with Crippen molar-refractivity contribution in [3.63, 3.8) is 0 Å². The molecule has 0 atom stereocenters. The molecular weight excluding hydrogens is 279 g/mol. The van der Waals surface area contributed by atoms with Crippen LogP contribution in [0.3, 0.4) is 0 Å². The van der Waals surface area contributed by atoms with Crippen LogP contribution in [0.4, 0.5) is 0 Å². The van der Waals surface area contributed by atoms with E-state index in [1.165, 1.54) is 0 Å². The van der Waals surface area contributed by atoms with Crippen molar-refractivity contribution in [2.24, 2.45) is 0 Å². The number of rotatable bonds is 5. The van der Waals surface area contributed by atoms with Gasteiger partial charge >= 0.3 is 78.5 Å². The molecule has 0 aliphatic heterocycles. The van der Waals surface area contributed by atoms with E-state index in [0.29, 0.717) is 20.7 Å². The van der Waals surface area contributed by atoms with E-state index in [1.807, 2.05) is 0 Å². The Morgan fingerprint density at radius 1 is 0.769 bits per heavy atom. The molecule has 0 aromatic carbocycles. The monoisotopic (exact) mass is 293 g/mol. The molecule has 0 fully saturated rings. The van der Waals surface area contributed by atoms with Crippen LogP contribution in [0.5, 0.6) is 0 Å². The van der Waals surface area contributed by atoms with Crippen LogP contribution < -0.4 is 0 Å². The Morgan fingerprint density at radius 3 is 1.00 bits per heavy atom. The van der Waals surface area contributed by atoms with Crippen LogP contribution in [0.25, 0.3) is 0 Å². The molecule has 4 nitrogen and oxygen atoms in total. The van der Waals surface area contributed by atoms with E-state index in [9.17, 15) is 19.2 Å². The van der Waals surface area contributed by atoms with E-state index >= 15 is 0 Å². The third-order valence-corrected chi connectivity index (χ3v) is 32.2. The molecule has 0 radical (unpaired) electrons. The maximum atomic E-state index is 10.9. The van der Waals surface area contributed by atoms with Crippen molar-refractivity contribution in [1.29, 1.82) is 0 Å². The van der Waals surface area contributed by atoms with E-state index in [4.69, 9.17) is 0 Å². The molecule has 0 aliphatic rings. The van der Waals surface area contributed by atoms with E-state index < -0.39 is 21.5 Å². The topological polar surface area (TPSA) is 68.3 Å². The Bertz CT molecular complexity index is 225. The fourth-order valence-corrected chi connectivity index (χ4v) is 11.2. The van der Waals surface area contributed by atoms with Crippen LogP contribution in [0.2, 0.25) is 17.1 Å². The molecule has 0 rings (SSSR count). The minimum absolute atomic E-state index is 0.329. The predicted molar refractivity (Wildman–Crippen MR) is 51.7 cm³/mol. The van der Waals surface area contributed by atoms with Crippen LogP contribution in [-0.4, -0.2) is 32.4 Å². The van der Waals surface area contributed by atoms with Gasteiger partial charge in [0.15, 0.2) is 0 Å². The van der Waals surface area contributed by atoms with Crippen molar-refractivity contribution in [2.45, 2.75) is 17.1 Å². The molecule has 0 bridgehead atoms. The average Bonchev–Trinajstić information content (AvgIpc) is 2.08. The van der Waals surface area contributed by atoms with Crippen molar-refractivity contribution < 1.29 is 29.0 Å². The van der Waals surface area contributed by atoms with E-state index in [1.54, 1.807) is 17.1 Å². The molecule has 0 N–H and O–H groups in total. The molecule has 0 heterocycles. The second-order valence-corrected chi connectivity index (χ2v) is 32.2. The first-order valence-corrected chi connectivity index (χ1v) is 15.9. The second kappa shape index (κ2) is 3.49. The molecule has 0 aliphatic carbocycles. The molecule has 0 amide bonds. The summed E-state index contributed by atoms with van der Waals surface area (Å²) in [7, 11) is -4.09. The van der Waals surface area contributed by atoms with Crippen LogP contribution >= 0.6 is 0 Å². The summed E-state index contributed by atoms with van der Waals surface area (Å²) >= 11 is -2.94. The first-order chi connectivity index (χ1) is 5.82. The Hall–Kier alpha value is -0.242. The van der Waals surface area contributed by atoms with Gasteiger partial charge in [-0.25, -0.2) is 0 Å². The van der Waals surface area contributed by atoms with Crippen molar-refractivity contribution >= 4 is 32.4 Å². The van der Waals surface area contributed by atoms with Crippen LogP contribution in [0.1, 0.15) is 0 Å². The summed E-state index contributed by atoms with van der Waals surface area (Å²) in [6, 6.07) is 0. The van der Waals surface area contributed by atoms with Gasteiger partial charge in [-0.15, -0.1) is 0 Å². The van der Waals surface area contributed by atoms with Crippen molar-refractivity contribution in [2.75, 3.05) is 0 Å². The fraction of sp³-hybridized carbons (Fsp3) is 0.429. The predicted octanol–water partition coefficient (Wildman–Crippen LogP) is 0.00400. The van der Waals surface area contributed by atoms with Crippen LogP contribution in [0, 0.1) is 0 Å². The van der Waals surface area contributed by atoms with Gasteiger partial charge in [0.25, 0.3) is 0 Å². The summed E-state index contributed by atoms with van der Waals surface area (Å²) in [5, 5.41) is 1.32. The van der Waals surface area contributed by atoms with Crippen LogP contribution in [0.15, 0.2) is 0 Å². The molecule has 0 aromatic rings. The maximum absolute atomic E-state index is 10.9. The number of carbonyl (C=O) groups excluding carboxylic acids is 4. The van der Waals surface area contributed by atoms with Gasteiger partial charge in [-0.2, -0.15) is 0 Å². The quantitative estimate of drug-likeness (QED) is 0.529. The zero-order valence-corrected chi connectivity index (χ0v) is 11.0. The zero-order chi connectivity index (χ0) is 10.8. The van der Waals surface area contributed by atoms with Gasteiger partial charge in [0.2, 0.25) is 0 Å². The Balaban J connectivity index is 5.92. The average molecular weight is 293 g/mol. The second-order valence-electron chi connectivity index (χ2n) is 3.48. The van der Waals surface area contributed by atoms with Gasteiger partial charge in [0.05, 0.1) is 0 Å². The van der Waals surface area contributed by atoms with Crippen molar-refractivity contribution in [3.05, 3.63) is 0 Å². The summed E-state index contributed by atoms with van der Waals surface area (Å²) in [6.45, 7) is 0. The molecule has 79 valence electrons. The van der Waals surface area contributed by atoms with E-state index in [-0.39, 0.29) is 0 Å². The SMILES string of the molecule is C[AsH](C)(C)[Fe]([CH]=O)([CH]=O)([CH]=O)[CH]=O. The Labute approximate surface area is 78.5 Å². The van der Waals surface area contributed by atoms with Crippen molar-refractivity contribution in [1.82, 2.24) is 0 Å². The standard InChI is InChI=1S/C3H10As.4CHO.Fe/c1-4(2)3;4*1-2;/h4H,1-3H3;4*1H;/q+1;;;;;-1. The number of carbonyl (C=O) groups is 4. The molecule has 13 heavy (non-hydrogen) atoms. The van der Waals surface area contributed by atoms with Gasteiger partial charge in [-0.1, -0.05) is 0 Å². The third-order valence-electron chi connectivity index (χ3n) is 1.97. The zero-order valence-electron chi connectivity index (χ0n) is 7.80. The molecule has 6 heteroatoms. The summed E-state index contributed by atoms with van der Waals surface area (Å²) in [5.74, 6) is 0. The minimum atomic E-state index is -4.09. The Morgan fingerprint density at radius 2 is 1.00 bits per heavy atom. The van der Waals surface area contributed by atoms with E-state index in [2.05, 4.69) is 0 Å². The molecule has 0 aromatic heterocycles. The third kappa shape index (κ3) is 1.45. The number of hydrogen-bond donors (Lipinski definition) is 0. The summed E-state index contributed by atoms with van der Waals surface area (Å²) < 4.78 is 0. The Kier molecular flexibility index (Phi) is 3.42.